The van der Waals surface area contributed by atoms with E-state index in [2.05, 4.69) is 15.9 Å². The molecule has 0 amide bonds. The van der Waals surface area contributed by atoms with E-state index < -0.39 is 0 Å². The van der Waals surface area contributed by atoms with Gasteiger partial charge in [0.15, 0.2) is 0 Å². The second kappa shape index (κ2) is 6.93. The van der Waals surface area contributed by atoms with Gasteiger partial charge in [0, 0.05) is 11.6 Å². The molecule has 0 heterocycles. The van der Waals surface area contributed by atoms with Gasteiger partial charge in [-0.1, -0.05) is 15.9 Å². The first-order valence-electron chi connectivity index (χ1n) is 4.74. The molecule has 1 rings (SSSR count). The molecule has 0 bridgehead atoms. The molecule has 15 heavy (non-hydrogen) atoms. The highest BCUT2D eigenvalue weighted by molar-refractivity contribution is 9.10. The smallest absolute Gasteiger partial charge is 0.123 e. The van der Waals surface area contributed by atoms with Crippen LogP contribution < -0.4 is 0 Å². The molecule has 1 aromatic rings. The minimum Gasteiger partial charge on any atom is -0.382 e. The summed E-state index contributed by atoms with van der Waals surface area (Å²) >= 11 is 3.37. The monoisotopic (exact) mass is 276 g/mol. The van der Waals surface area contributed by atoms with Gasteiger partial charge < -0.3 is 9.47 Å². The van der Waals surface area contributed by atoms with Crippen LogP contribution in [0.2, 0.25) is 0 Å². The van der Waals surface area contributed by atoms with Crippen molar-refractivity contribution in [1.29, 1.82) is 0 Å². The fourth-order valence-corrected chi connectivity index (χ4v) is 1.61. The molecule has 0 aromatic heterocycles. The molecule has 0 atom stereocenters. The third-order valence-electron chi connectivity index (χ3n) is 1.96. The van der Waals surface area contributed by atoms with Crippen LogP contribution in [0, 0.1) is 5.82 Å². The summed E-state index contributed by atoms with van der Waals surface area (Å²) in [4.78, 5) is 0. The van der Waals surface area contributed by atoms with Crippen molar-refractivity contribution < 1.29 is 13.9 Å². The van der Waals surface area contributed by atoms with Crippen molar-refractivity contribution in [1.82, 2.24) is 0 Å². The maximum Gasteiger partial charge on any atom is 0.123 e. The summed E-state index contributed by atoms with van der Waals surface area (Å²) in [6.45, 7) is 1.74. The molecule has 0 fully saturated rings. The Morgan fingerprint density at radius 1 is 1.27 bits per heavy atom. The van der Waals surface area contributed by atoms with Crippen LogP contribution in [-0.2, 0) is 15.9 Å². The molecule has 4 heteroatoms. The Morgan fingerprint density at radius 3 is 2.80 bits per heavy atom. The SMILES string of the molecule is COCCOCCc1cc(F)ccc1Br. The van der Waals surface area contributed by atoms with Crippen molar-refractivity contribution in [3.8, 4) is 0 Å². The molecular weight excluding hydrogens is 263 g/mol. The number of benzene rings is 1. The summed E-state index contributed by atoms with van der Waals surface area (Å²) in [6.07, 6.45) is 0.696. The van der Waals surface area contributed by atoms with Crippen molar-refractivity contribution in [3.63, 3.8) is 0 Å². The lowest BCUT2D eigenvalue weighted by molar-refractivity contribution is 0.0722. The zero-order chi connectivity index (χ0) is 11.1. The normalized spacial score (nSPS) is 10.6. The standard InChI is InChI=1S/C11H14BrFO2/c1-14-6-7-15-5-4-9-8-10(13)2-3-11(9)12/h2-3,8H,4-7H2,1H3. The summed E-state index contributed by atoms with van der Waals surface area (Å²) in [5, 5.41) is 0. The number of hydrogen-bond acceptors (Lipinski definition) is 2. The Hall–Kier alpha value is -0.450. The molecule has 0 aliphatic carbocycles. The molecule has 0 aliphatic heterocycles. The van der Waals surface area contributed by atoms with Gasteiger partial charge in [-0.15, -0.1) is 0 Å². The molecule has 0 unspecified atom stereocenters. The Bertz CT molecular complexity index is 305. The van der Waals surface area contributed by atoms with E-state index in [0.29, 0.717) is 26.2 Å². The van der Waals surface area contributed by atoms with Crippen LogP contribution in [-0.4, -0.2) is 26.9 Å². The maximum atomic E-state index is 12.9. The lowest BCUT2D eigenvalue weighted by Gasteiger charge is -2.05. The van der Waals surface area contributed by atoms with Gasteiger partial charge >= 0.3 is 0 Å². The highest BCUT2D eigenvalue weighted by atomic mass is 79.9. The van der Waals surface area contributed by atoms with E-state index in [4.69, 9.17) is 9.47 Å². The van der Waals surface area contributed by atoms with Gasteiger partial charge in [-0.2, -0.15) is 0 Å². The van der Waals surface area contributed by atoms with Crippen LogP contribution >= 0.6 is 15.9 Å². The van der Waals surface area contributed by atoms with Gasteiger partial charge in [-0.25, -0.2) is 4.39 Å². The molecule has 2 nitrogen and oxygen atoms in total. The van der Waals surface area contributed by atoms with E-state index in [1.807, 2.05) is 0 Å². The molecule has 84 valence electrons. The largest absolute Gasteiger partial charge is 0.382 e. The van der Waals surface area contributed by atoms with E-state index in [9.17, 15) is 4.39 Å². The van der Waals surface area contributed by atoms with E-state index >= 15 is 0 Å². The number of methoxy groups -OCH3 is 1. The second-order valence-electron chi connectivity index (χ2n) is 3.09. The Kier molecular flexibility index (Phi) is 5.83. The van der Waals surface area contributed by atoms with E-state index in [1.165, 1.54) is 12.1 Å². The van der Waals surface area contributed by atoms with Crippen LogP contribution in [0.4, 0.5) is 4.39 Å². The highest BCUT2D eigenvalue weighted by Gasteiger charge is 2.01. The molecule has 0 aliphatic rings. The van der Waals surface area contributed by atoms with E-state index in [-0.39, 0.29) is 5.82 Å². The predicted octanol–water partition coefficient (Wildman–Crippen LogP) is 2.79. The first-order chi connectivity index (χ1) is 7.24. The van der Waals surface area contributed by atoms with Crippen molar-refractivity contribution >= 4 is 15.9 Å². The Labute approximate surface area is 97.5 Å². The number of hydrogen-bond donors (Lipinski definition) is 0. The third-order valence-corrected chi connectivity index (χ3v) is 2.73. The third kappa shape index (κ3) is 4.73. The van der Waals surface area contributed by atoms with Crippen LogP contribution in [0.5, 0.6) is 0 Å². The minimum atomic E-state index is -0.218. The highest BCUT2D eigenvalue weighted by Crippen LogP contribution is 2.18. The van der Waals surface area contributed by atoms with Crippen LogP contribution in [0.15, 0.2) is 22.7 Å². The summed E-state index contributed by atoms with van der Waals surface area (Å²) in [6, 6.07) is 4.66. The molecule has 0 spiro atoms. The quantitative estimate of drug-likeness (QED) is 0.744. The zero-order valence-corrected chi connectivity index (χ0v) is 10.2. The number of ether oxygens (including phenoxy) is 2. The molecule has 0 radical (unpaired) electrons. The Balaban J connectivity index is 2.33. The molecule has 1 aromatic carbocycles. The van der Waals surface area contributed by atoms with Gasteiger partial charge in [0.1, 0.15) is 5.82 Å². The minimum absolute atomic E-state index is 0.218. The van der Waals surface area contributed by atoms with Gasteiger partial charge in [0.2, 0.25) is 0 Å². The summed E-state index contributed by atoms with van der Waals surface area (Å²) < 4.78 is 24.0. The van der Waals surface area contributed by atoms with Gasteiger partial charge in [0.25, 0.3) is 0 Å². The Morgan fingerprint density at radius 2 is 2.07 bits per heavy atom. The lowest BCUT2D eigenvalue weighted by Crippen LogP contribution is -2.05. The first kappa shape index (κ1) is 12.6. The van der Waals surface area contributed by atoms with Gasteiger partial charge in [0.05, 0.1) is 19.8 Å². The maximum absolute atomic E-state index is 12.9. The lowest BCUT2D eigenvalue weighted by atomic mass is 10.1. The fraction of sp³-hybridized carbons (Fsp3) is 0.455. The van der Waals surface area contributed by atoms with Crippen LogP contribution in [0.1, 0.15) is 5.56 Å². The number of halogens is 2. The molecule has 0 saturated carbocycles. The van der Waals surface area contributed by atoms with Gasteiger partial charge in [-0.05, 0) is 30.2 Å². The van der Waals surface area contributed by atoms with Gasteiger partial charge in [-0.3, -0.25) is 0 Å². The molecular formula is C11H14BrFO2. The molecule has 0 N–H and O–H groups in total. The van der Waals surface area contributed by atoms with Crippen molar-refractivity contribution in [2.75, 3.05) is 26.9 Å². The molecule has 0 saturated heterocycles. The second-order valence-corrected chi connectivity index (χ2v) is 3.95. The predicted molar refractivity (Wildman–Crippen MR) is 60.5 cm³/mol. The average molecular weight is 277 g/mol. The summed E-state index contributed by atoms with van der Waals surface area (Å²) in [5.74, 6) is -0.218. The van der Waals surface area contributed by atoms with E-state index in [1.54, 1.807) is 13.2 Å². The van der Waals surface area contributed by atoms with Crippen molar-refractivity contribution in [2.24, 2.45) is 0 Å². The van der Waals surface area contributed by atoms with Crippen LogP contribution in [0.3, 0.4) is 0 Å². The number of rotatable bonds is 6. The van der Waals surface area contributed by atoms with Crippen molar-refractivity contribution in [2.45, 2.75) is 6.42 Å². The average Bonchev–Trinajstić information content (AvgIpc) is 2.23. The van der Waals surface area contributed by atoms with E-state index in [0.717, 1.165) is 10.0 Å². The summed E-state index contributed by atoms with van der Waals surface area (Å²) in [7, 11) is 1.63. The summed E-state index contributed by atoms with van der Waals surface area (Å²) in [5.41, 5.74) is 0.924. The van der Waals surface area contributed by atoms with Crippen molar-refractivity contribution in [3.05, 3.63) is 34.1 Å². The first-order valence-corrected chi connectivity index (χ1v) is 5.54. The van der Waals surface area contributed by atoms with Crippen LogP contribution in [0.25, 0.3) is 0 Å². The zero-order valence-electron chi connectivity index (χ0n) is 8.63. The topological polar surface area (TPSA) is 18.5 Å². The fourth-order valence-electron chi connectivity index (χ4n) is 1.16.